The Morgan fingerprint density at radius 2 is 2.10 bits per heavy atom. The molecule has 0 aliphatic carbocycles. The normalized spacial score (nSPS) is 18.0. The zero-order chi connectivity index (χ0) is 15.0. The quantitative estimate of drug-likeness (QED) is 0.945. The van der Waals surface area contributed by atoms with E-state index in [4.69, 9.17) is 0 Å². The van der Waals surface area contributed by atoms with Crippen LogP contribution >= 0.6 is 0 Å². The number of hydrogen-bond donors (Lipinski definition) is 1. The molecule has 2 aromatic rings. The van der Waals surface area contributed by atoms with Gasteiger partial charge in [-0.15, -0.1) is 10.2 Å². The SMILES string of the molecule is CC(C)C1NCCn2c(Cc3ccc(F)c(F)c3)nnc21. The minimum Gasteiger partial charge on any atom is -0.312 e. The Bertz CT molecular complexity index is 651. The van der Waals surface area contributed by atoms with Gasteiger partial charge in [-0.05, 0) is 23.6 Å². The van der Waals surface area contributed by atoms with Crippen LogP contribution in [0.2, 0.25) is 0 Å². The van der Waals surface area contributed by atoms with Gasteiger partial charge in [-0.25, -0.2) is 8.78 Å². The van der Waals surface area contributed by atoms with Gasteiger partial charge in [0.25, 0.3) is 0 Å². The number of fused-ring (bicyclic) bond motifs is 1. The summed E-state index contributed by atoms with van der Waals surface area (Å²) in [6, 6.07) is 4.14. The average molecular weight is 292 g/mol. The molecule has 0 fully saturated rings. The van der Waals surface area contributed by atoms with Crippen molar-refractivity contribution in [2.45, 2.75) is 32.9 Å². The van der Waals surface area contributed by atoms with Crippen molar-refractivity contribution in [3.05, 3.63) is 47.0 Å². The van der Waals surface area contributed by atoms with Gasteiger partial charge in [0.2, 0.25) is 0 Å². The van der Waals surface area contributed by atoms with Crippen LogP contribution in [0.4, 0.5) is 8.78 Å². The Morgan fingerprint density at radius 1 is 1.29 bits per heavy atom. The van der Waals surface area contributed by atoms with Crippen LogP contribution in [0.5, 0.6) is 0 Å². The predicted octanol–water partition coefficient (Wildman–Crippen LogP) is 2.45. The molecule has 112 valence electrons. The molecule has 0 saturated carbocycles. The standard InChI is InChI=1S/C15H18F2N4/c1-9(2)14-15-20-19-13(21(15)6-5-18-14)8-10-3-4-11(16)12(17)7-10/h3-4,7,9,14,18H,5-6,8H2,1-2H3. The van der Waals surface area contributed by atoms with E-state index in [1.807, 2.05) is 0 Å². The van der Waals surface area contributed by atoms with Gasteiger partial charge in [0.05, 0.1) is 6.04 Å². The smallest absolute Gasteiger partial charge is 0.159 e. The van der Waals surface area contributed by atoms with Crippen LogP contribution in [0.15, 0.2) is 18.2 Å². The maximum absolute atomic E-state index is 13.3. The van der Waals surface area contributed by atoms with Crippen molar-refractivity contribution in [3.63, 3.8) is 0 Å². The van der Waals surface area contributed by atoms with Gasteiger partial charge in [-0.2, -0.15) is 0 Å². The minimum absolute atomic E-state index is 0.185. The highest BCUT2D eigenvalue weighted by molar-refractivity contribution is 5.22. The minimum atomic E-state index is -0.828. The Balaban J connectivity index is 1.89. The number of nitrogens with one attached hydrogen (secondary N) is 1. The molecule has 1 aromatic carbocycles. The largest absolute Gasteiger partial charge is 0.312 e. The Morgan fingerprint density at radius 3 is 2.81 bits per heavy atom. The number of aromatic nitrogens is 3. The van der Waals surface area contributed by atoms with E-state index in [9.17, 15) is 8.78 Å². The van der Waals surface area contributed by atoms with E-state index in [2.05, 4.69) is 33.9 Å². The van der Waals surface area contributed by atoms with E-state index in [-0.39, 0.29) is 6.04 Å². The monoisotopic (exact) mass is 292 g/mol. The van der Waals surface area contributed by atoms with Crippen LogP contribution in [0.3, 0.4) is 0 Å². The molecule has 0 radical (unpaired) electrons. The van der Waals surface area contributed by atoms with Crippen LogP contribution in [-0.4, -0.2) is 21.3 Å². The molecule has 0 amide bonds. The van der Waals surface area contributed by atoms with Gasteiger partial charge in [0.1, 0.15) is 5.82 Å². The van der Waals surface area contributed by atoms with Crippen molar-refractivity contribution < 1.29 is 8.78 Å². The molecule has 0 saturated heterocycles. The molecule has 1 aliphatic rings. The van der Waals surface area contributed by atoms with Gasteiger partial charge in [-0.1, -0.05) is 19.9 Å². The third-order valence-electron chi connectivity index (χ3n) is 3.85. The molecule has 0 spiro atoms. The molecule has 0 bridgehead atoms. The number of halogens is 2. The summed E-state index contributed by atoms with van der Waals surface area (Å²) in [4.78, 5) is 0. The van der Waals surface area contributed by atoms with E-state index >= 15 is 0 Å². The summed E-state index contributed by atoms with van der Waals surface area (Å²) >= 11 is 0. The molecule has 3 rings (SSSR count). The fraction of sp³-hybridized carbons (Fsp3) is 0.467. The topological polar surface area (TPSA) is 42.7 Å². The summed E-state index contributed by atoms with van der Waals surface area (Å²) in [5, 5.41) is 11.9. The lowest BCUT2D eigenvalue weighted by atomic mass is 10.0. The molecule has 2 heterocycles. The van der Waals surface area contributed by atoms with Crippen molar-refractivity contribution in [3.8, 4) is 0 Å². The first kappa shape index (κ1) is 14.1. The second-order valence-electron chi connectivity index (χ2n) is 5.73. The molecule has 1 atom stereocenters. The van der Waals surface area contributed by atoms with Crippen molar-refractivity contribution in [2.24, 2.45) is 5.92 Å². The number of rotatable bonds is 3. The van der Waals surface area contributed by atoms with Crippen LogP contribution in [0.1, 0.15) is 37.1 Å². The van der Waals surface area contributed by atoms with Crippen molar-refractivity contribution in [2.75, 3.05) is 6.54 Å². The zero-order valence-electron chi connectivity index (χ0n) is 12.1. The van der Waals surface area contributed by atoms with E-state index in [1.54, 1.807) is 6.07 Å². The van der Waals surface area contributed by atoms with Crippen LogP contribution < -0.4 is 5.32 Å². The Kier molecular flexibility index (Phi) is 3.71. The lowest BCUT2D eigenvalue weighted by Crippen LogP contribution is -2.37. The van der Waals surface area contributed by atoms with Gasteiger partial charge in [-0.3, -0.25) is 0 Å². The van der Waals surface area contributed by atoms with Crippen LogP contribution in [-0.2, 0) is 13.0 Å². The third kappa shape index (κ3) is 2.68. The Labute approximate surface area is 122 Å². The van der Waals surface area contributed by atoms with Crippen molar-refractivity contribution in [1.29, 1.82) is 0 Å². The number of nitrogens with zero attached hydrogens (tertiary/aromatic N) is 3. The zero-order valence-corrected chi connectivity index (χ0v) is 12.1. The summed E-state index contributed by atoms with van der Waals surface area (Å²) in [6.07, 6.45) is 0.453. The second kappa shape index (κ2) is 5.52. The predicted molar refractivity (Wildman–Crippen MR) is 74.8 cm³/mol. The fourth-order valence-electron chi connectivity index (χ4n) is 2.74. The number of benzene rings is 1. The van der Waals surface area contributed by atoms with Gasteiger partial charge in [0.15, 0.2) is 17.5 Å². The third-order valence-corrected chi connectivity index (χ3v) is 3.85. The van der Waals surface area contributed by atoms with Crippen molar-refractivity contribution in [1.82, 2.24) is 20.1 Å². The molecule has 1 N–H and O–H groups in total. The highest BCUT2D eigenvalue weighted by Gasteiger charge is 2.27. The lowest BCUT2D eigenvalue weighted by Gasteiger charge is -2.27. The number of hydrogen-bond acceptors (Lipinski definition) is 3. The first-order valence-corrected chi connectivity index (χ1v) is 7.15. The molecular formula is C15H18F2N4. The second-order valence-corrected chi connectivity index (χ2v) is 5.73. The van der Waals surface area contributed by atoms with Gasteiger partial charge in [0, 0.05) is 19.5 Å². The van der Waals surface area contributed by atoms with Gasteiger partial charge >= 0.3 is 0 Å². The summed E-state index contributed by atoms with van der Waals surface area (Å²) in [5.74, 6) is 0.486. The van der Waals surface area contributed by atoms with E-state index in [0.717, 1.165) is 30.8 Å². The summed E-state index contributed by atoms with van der Waals surface area (Å²) < 4.78 is 28.3. The first-order valence-electron chi connectivity index (χ1n) is 7.15. The first-order chi connectivity index (χ1) is 10.1. The molecular weight excluding hydrogens is 274 g/mol. The molecule has 21 heavy (non-hydrogen) atoms. The highest BCUT2D eigenvalue weighted by atomic mass is 19.2. The van der Waals surface area contributed by atoms with E-state index in [0.29, 0.717) is 17.9 Å². The van der Waals surface area contributed by atoms with Crippen molar-refractivity contribution >= 4 is 0 Å². The van der Waals surface area contributed by atoms with Gasteiger partial charge < -0.3 is 9.88 Å². The fourth-order valence-corrected chi connectivity index (χ4v) is 2.74. The van der Waals surface area contributed by atoms with E-state index in [1.165, 1.54) is 6.07 Å². The van der Waals surface area contributed by atoms with Crippen LogP contribution in [0, 0.1) is 17.6 Å². The Hall–Kier alpha value is -1.82. The molecule has 1 aromatic heterocycles. The van der Waals surface area contributed by atoms with E-state index < -0.39 is 11.6 Å². The maximum Gasteiger partial charge on any atom is 0.159 e. The maximum atomic E-state index is 13.3. The molecule has 1 unspecified atom stereocenters. The lowest BCUT2D eigenvalue weighted by molar-refractivity contribution is 0.335. The molecule has 6 heteroatoms. The highest BCUT2D eigenvalue weighted by Crippen LogP contribution is 2.24. The average Bonchev–Trinajstić information content (AvgIpc) is 2.86. The van der Waals surface area contributed by atoms with Crippen LogP contribution in [0.25, 0.3) is 0 Å². The summed E-state index contributed by atoms with van der Waals surface area (Å²) in [6.45, 7) is 5.93. The summed E-state index contributed by atoms with van der Waals surface area (Å²) in [5.41, 5.74) is 0.698. The molecule has 4 nitrogen and oxygen atoms in total. The summed E-state index contributed by atoms with van der Waals surface area (Å²) in [7, 11) is 0. The molecule has 1 aliphatic heterocycles.